The first kappa shape index (κ1) is 15.0. The van der Waals surface area contributed by atoms with Gasteiger partial charge in [-0.15, -0.1) is 0 Å². The highest BCUT2D eigenvalue weighted by molar-refractivity contribution is 8.14. The maximum atomic E-state index is 11.9. The van der Waals surface area contributed by atoms with Crippen molar-refractivity contribution in [2.75, 3.05) is 18.1 Å². The zero-order valence-corrected chi connectivity index (χ0v) is 11.6. The quantitative estimate of drug-likeness (QED) is 0.783. The number of aliphatic imine (C=N–C) groups is 1. The van der Waals surface area contributed by atoms with Crippen molar-refractivity contribution in [3.05, 3.63) is 0 Å². The van der Waals surface area contributed by atoms with Crippen LogP contribution in [-0.2, 0) is 0 Å². The van der Waals surface area contributed by atoms with Crippen molar-refractivity contribution in [2.24, 2.45) is 4.99 Å². The minimum atomic E-state index is -4.15. The van der Waals surface area contributed by atoms with Crippen molar-refractivity contribution in [1.29, 1.82) is 0 Å². The fourth-order valence-corrected chi connectivity index (χ4v) is 3.31. The number of halogens is 3. The topological polar surface area (TPSA) is 24.4 Å². The second kappa shape index (κ2) is 6.22. The molecule has 2 nitrogen and oxygen atoms in total. The Bertz CT molecular complexity index is 275. The Morgan fingerprint density at radius 1 is 1.41 bits per heavy atom. The molecule has 0 spiro atoms. The summed E-state index contributed by atoms with van der Waals surface area (Å²) in [4.78, 5) is 4.17. The average molecular weight is 286 g/mol. The number of rotatable bonds is 5. The maximum absolute atomic E-state index is 11.9. The smallest absolute Gasteiger partial charge is 0.359 e. The normalized spacial score (nSPS) is 21.8. The van der Waals surface area contributed by atoms with E-state index in [0.29, 0.717) is 0 Å². The van der Waals surface area contributed by atoms with Gasteiger partial charge in [0.15, 0.2) is 5.17 Å². The lowest BCUT2D eigenvalue weighted by atomic mass is 9.96. The molecule has 1 heterocycles. The van der Waals surface area contributed by atoms with Crippen molar-refractivity contribution in [3.8, 4) is 0 Å². The molecule has 0 atom stereocenters. The van der Waals surface area contributed by atoms with E-state index in [1.54, 1.807) is 11.8 Å². The van der Waals surface area contributed by atoms with Crippen LogP contribution in [0.1, 0.15) is 26.7 Å². The van der Waals surface area contributed by atoms with Gasteiger partial charge < -0.3 is 5.32 Å². The van der Waals surface area contributed by atoms with Crippen LogP contribution in [0.15, 0.2) is 4.99 Å². The van der Waals surface area contributed by atoms with Crippen LogP contribution < -0.4 is 5.32 Å². The van der Waals surface area contributed by atoms with Gasteiger partial charge in [0.05, 0.1) is 6.54 Å². The molecule has 0 unspecified atom stereocenters. The molecule has 0 amide bonds. The van der Waals surface area contributed by atoms with E-state index in [1.807, 2.05) is 0 Å². The standard InChI is InChI=1S/C10H17F3N2S2/c1-3-9(4-2)7-16-8(15-9)14-5-6-17-10(11,12)13/h3-7H2,1-2H3,(H,14,15). The van der Waals surface area contributed by atoms with Crippen LogP contribution in [0.3, 0.4) is 0 Å². The summed E-state index contributed by atoms with van der Waals surface area (Å²) < 4.78 is 35.6. The number of alkyl halides is 3. The highest BCUT2D eigenvalue weighted by Crippen LogP contribution is 2.31. The molecule has 7 heteroatoms. The van der Waals surface area contributed by atoms with Crippen LogP contribution in [0, 0.1) is 0 Å². The molecule has 0 aromatic heterocycles. The summed E-state index contributed by atoms with van der Waals surface area (Å²) in [6, 6.07) is 0. The molecule has 0 aliphatic carbocycles. The summed E-state index contributed by atoms with van der Waals surface area (Å²) in [5.74, 6) is 0.936. The molecular weight excluding hydrogens is 269 g/mol. The predicted molar refractivity (Wildman–Crippen MR) is 69.7 cm³/mol. The molecule has 1 aliphatic heterocycles. The second-order valence-electron chi connectivity index (χ2n) is 3.88. The largest absolute Gasteiger partial charge is 0.441 e. The van der Waals surface area contributed by atoms with Gasteiger partial charge >= 0.3 is 5.51 Å². The van der Waals surface area contributed by atoms with Gasteiger partial charge in [0.1, 0.15) is 0 Å². The predicted octanol–water partition coefficient (Wildman–Crippen LogP) is 3.49. The van der Waals surface area contributed by atoms with Crippen molar-refractivity contribution < 1.29 is 13.2 Å². The monoisotopic (exact) mass is 286 g/mol. The average Bonchev–Trinajstić information content (AvgIpc) is 2.68. The minimum Gasteiger partial charge on any atom is -0.359 e. The molecule has 100 valence electrons. The Labute approximate surface area is 108 Å². The minimum absolute atomic E-state index is 0.0134. The summed E-state index contributed by atoms with van der Waals surface area (Å²) in [6.07, 6.45) is 2.01. The molecule has 0 aromatic carbocycles. The summed E-state index contributed by atoms with van der Waals surface area (Å²) in [5, 5.41) is 4.11. The van der Waals surface area contributed by atoms with E-state index in [9.17, 15) is 13.2 Å². The number of thioether (sulfide) groups is 2. The highest BCUT2D eigenvalue weighted by Gasteiger charge is 2.33. The molecule has 1 rings (SSSR count). The Kier molecular flexibility index (Phi) is 5.50. The van der Waals surface area contributed by atoms with Gasteiger partial charge in [0, 0.05) is 17.0 Å². The van der Waals surface area contributed by atoms with Crippen molar-refractivity contribution in [1.82, 2.24) is 5.32 Å². The summed E-state index contributed by atoms with van der Waals surface area (Å²) in [7, 11) is 0. The lowest BCUT2D eigenvalue weighted by molar-refractivity contribution is -0.0327. The van der Waals surface area contributed by atoms with Crippen molar-refractivity contribution in [2.45, 2.75) is 37.7 Å². The molecule has 0 radical (unpaired) electrons. The van der Waals surface area contributed by atoms with Crippen LogP contribution in [-0.4, -0.2) is 34.3 Å². The molecule has 0 aromatic rings. The van der Waals surface area contributed by atoms with E-state index in [-0.39, 0.29) is 29.6 Å². The zero-order chi connectivity index (χ0) is 12.9. The SMILES string of the molecule is CCC1(CC)CSC(=NCCSC(F)(F)F)N1. The van der Waals surface area contributed by atoms with E-state index < -0.39 is 5.51 Å². The number of nitrogens with one attached hydrogen (secondary N) is 1. The molecule has 17 heavy (non-hydrogen) atoms. The Morgan fingerprint density at radius 2 is 2.06 bits per heavy atom. The van der Waals surface area contributed by atoms with Crippen LogP contribution in [0.4, 0.5) is 13.2 Å². The number of nitrogens with zero attached hydrogens (tertiary/aromatic N) is 1. The summed E-state index contributed by atoms with van der Waals surface area (Å²) >= 11 is 1.59. The van der Waals surface area contributed by atoms with E-state index in [4.69, 9.17) is 0 Å². The third kappa shape index (κ3) is 4.99. The highest BCUT2D eigenvalue weighted by atomic mass is 32.2. The van der Waals surface area contributed by atoms with Crippen LogP contribution in [0.25, 0.3) is 0 Å². The van der Waals surface area contributed by atoms with Crippen molar-refractivity contribution >= 4 is 28.7 Å². The van der Waals surface area contributed by atoms with E-state index in [1.165, 1.54) is 0 Å². The Hall–Kier alpha value is -0.0400. The zero-order valence-electron chi connectivity index (χ0n) is 9.93. The lowest BCUT2D eigenvalue weighted by Gasteiger charge is -2.25. The fourth-order valence-electron chi connectivity index (χ4n) is 1.53. The maximum Gasteiger partial charge on any atom is 0.441 e. The Morgan fingerprint density at radius 3 is 2.53 bits per heavy atom. The van der Waals surface area contributed by atoms with E-state index >= 15 is 0 Å². The van der Waals surface area contributed by atoms with Gasteiger partial charge in [-0.25, -0.2) is 0 Å². The number of hydrogen-bond donors (Lipinski definition) is 1. The van der Waals surface area contributed by atoms with Crippen molar-refractivity contribution in [3.63, 3.8) is 0 Å². The van der Waals surface area contributed by atoms with Gasteiger partial charge in [-0.05, 0) is 24.6 Å². The number of amidine groups is 1. The van der Waals surface area contributed by atoms with Gasteiger partial charge in [-0.1, -0.05) is 25.6 Å². The van der Waals surface area contributed by atoms with Crippen LogP contribution >= 0.6 is 23.5 Å². The lowest BCUT2D eigenvalue weighted by Crippen LogP contribution is -2.42. The van der Waals surface area contributed by atoms with Crippen LogP contribution in [0.2, 0.25) is 0 Å². The molecule has 0 saturated carbocycles. The van der Waals surface area contributed by atoms with E-state index in [2.05, 4.69) is 24.2 Å². The van der Waals surface area contributed by atoms with Crippen LogP contribution in [0.5, 0.6) is 0 Å². The van der Waals surface area contributed by atoms with Gasteiger partial charge in [0.2, 0.25) is 0 Å². The molecule has 0 bridgehead atoms. The molecule has 1 saturated heterocycles. The third-order valence-corrected chi connectivity index (χ3v) is 4.74. The molecular formula is C10H17F3N2S2. The Balaban J connectivity index is 2.33. The summed E-state index contributed by atoms with van der Waals surface area (Å²) in [6.45, 7) is 4.43. The number of hydrogen-bond acceptors (Lipinski definition) is 3. The van der Waals surface area contributed by atoms with E-state index in [0.717, 1.165) is 23.8 Å². The fraction of sp³-hybridized carbons (Fsp3) is 0.900. The molecule has 1 fully saturated rings. The molecule has 1 N–H and O–H groups in total. The van der Waals surface area contributed by atoms with Gasteiger partial charge in [-0.2, -0.15) is 13.2 Å². The molecule has 1 aliphatic rings. The third-order valence-electron chi connectivity index (χ3n) is 2.82. The summed E-state index contributed by atoms with van der Waals surface area (Å²) in [5.41, 5.74) is -4.06. The second-order valence-corrected chi connectivity index (χ2v) is 6.01. The van der Waals surface area contributed by atoms with Gasteiger partial charge in [-0.3, -0.25) is 4.99 Å². The first-order valence-corrected chi connectivity index (χ1v) is 7.54. The first-order chi connectivity index (χ1) is 7.91. The first-order valence-electron chi connectivity index (χ1n) is 5.57. The van der Waals surface area contributed by atoms with Gasteiger partial charge in [0.25, 0.3) is 0 Å².